The fraction of sp³-hybridized carbons (Fsp3) is 0.364. The summed E-state index contributed by atoms with van der Waals surface area (Å²) in [5.41, 5.74) is 0.383. The van der Waals surface area contributed by atoms with Crippen molar-refractivity contribution < 1.29 is 28.5 Å². The zero-order valence-corrected chi connectivity index (χ0v) is 20.4. The van der Waals surface area contributed by atoms with Gasteiger partial charge in [-0.15, -0.1) is 0 Å². The Morgan fingerprint density at radius 1 is 1.03 bits per heavy atom. The maximum absolute atomic E-state index is 13.1. The molecule has 9 nitrogen and oxygen atoms in total. The smallest absolute Gasteiger partial charge is 0.276 e. The van der Waals surface area contributed by atoms with Gasteiger partial charge in [0.15, 0.2) is 17.3 Å². The van der Waals surface area contributed by atoms with Gasteiger partial charge in [0.1, 0.15) is 22.9 Å². The van der Waals surface area contributed by atoms with Crippen LogP contribution in [0, 0.1) is 0 Å². The molecule has 0 spiro atoms. The molecular formula is C22H25Cl2N3O6. The van der Waals surface area contributed by atoms with Gasteiger partial charge in [-0.05, 0) is 39.0 Å². The SMILES string of the molecule is CCOc1ccc(OCC)c(N(Cl)C(=O)C(N=Nc2cc(Cl)cc(OC)c2OC)C(C)=O)c1. The van der Waals surface area contributed by atoms with E-state index < -0.39 is 17.7 Å². The van der Waals surface area contributed by atoms with Gasteiger partial charge >= 0.3 is 0 Å². The van der Waals surface area contributed by atoms with Crippen molar-refractivity contribution in [3.05, 3.63) is 35.4 Å². The van der Waals surface area contributed by atoms with E-state index in [4.69, 9.17) is 42.3 Å². The molecule has 2 aromatic rings. The Morgan fingerprint density at radius 3 is 2.30 bits per heavy atom. The van der Waals surface area contributed by atoms with E-state index >= 15 is 0 Å². The lowest BCUT2D eigenvalue weighted by atomic mass is 10.2. The molecule has 0 aromatic heterocycles. The van der Waals surface area contributed by atoms with Crippen LogP contribution in [0.3, 0.4) is 0 Å². The Kier molecular flexibility index (Phi) is 9.74. The first-order valence-corrected chi connectivity index (χ1v) is 10.7. The number of nitrogens with zero attached hydrogens (tertiary/aromatic N) is 3. The number of ketones is 1. The minimum absolute atomic E-state index is 0.176. The van der Waals surface area contributed by atoms with Crippen LogP contribution in [0.25, 0.3) is 0 Å². The van der Waals surface area contributed by atoms with Crippen LogP contribution in [0.1, 0.15) is 20.8 Å². The molecule has 1 amide bonds. The van der Waals surface area contributed by atoms with Gasteiger partial charge < -0.3 is 18.9 Å². The topological polar surface area (TPSA) is 99.0 Å². The molecule has 0 radical (unpaired) electrons. The number of carbonyl (C=O) groups is 2. The number of rotatable bonds is 11. The second kappa shape index (κ2) is 12.3. The number of carbonyl (C=O) groups excluding carboxylic acids is 2. The van der Waals surface area contributed by atoms with Gasteiger partial charge in [0.05, 0.1) is 27.4 Å². The van der Waals surface area contributed by atoms with Crippen molar-refractivity contribution in [1.82, 2.24) is 0 Å². The molecule has 11 heteroatoms. The van der Waals surface area contributed by atoms with Crippen LogP contribution >= 0.6 is 23.4 Å². The predicted molar refractivity (Wildman–Crippen MR) is 126 cm³/mol. The maximum Gasteiger partial charge on any atom is 0.276 e. The summed E-state index contributed by atoms with van der Waals surface area (Å²) in [6, 6.07) is 6.33. The summed E-state index contributed by atoms with van der Waals surface area (Å²) in [6.45, 7) is 5.58. The summed E-state index contributed by atoms with van der Waals surface area (Å²) < 4.78 is 22.3. The molecule has 178 valence electrons. The number of halogens is 2. The van der Waals surface area contributed by atoms with Gasteiger partial charge in [-0.25, -0.2) is 4.42 Å². The van der Waals surface area contributed by atoms with Crippen LogP contribution in [-0.2, 0) is 9.59 Å². The molecule has 0 aliphatic heterocycles. The third-order valence-corrected chi connectivity index (χ3v) is 4.84. The third-order valence-electron chi connectivity index (χ3n) is 4.27. The number of Topliss-reactive ketones (excluding diaryl/α,β-unsaturated/α-hetero) is 1. The van der Waals surface area contributed by atoms with E-state index in [1.165, 1.54) is 33.3 Å². The highest BCUT2D eigenvalue weighted by atomic mass is 35.5. The zero-order chi connectivity index (χ0) is 24.5. The normalized spacial score (nSPS) is 11.7. The van der Waals surface area contributed by atoms with E-state index in [9.17, 15) is 9.59 Å². The number of hydrogen-bond donors (Lipinski definition) is 0. The van der Waals surface area contributed by atoms with E-state index in [2.05, 4.69) is 10.2 Å². The second-order valence-corrected chi connectivity index (χ2v) is 7.28. The maximum atomic E-state index is 13.1. The lowest BCUT2D eigenvalue weighted by Gasteiger charge is -2.20. The van der Waals surface area contributed by atoms with Crippen molar-refractivity contribution in [3.8, 4) is 23.0 Å². The summed E-state index contributed by atoms with van der Waals surface area (Å²) in [5.74, 6) is -0.0170. The van der Waals surface area contributed by atoms with E-state index in [1.807, 2.05) is 6.92 Å². The van der Waals surface area contributed by atoms with E-state index in [0.717, 1.165) is 4.42 Å². The highest BCUT2D eigenvalue weighted by Crippen LogP contribution is 2.40. The highest BCUT2D eigenvalue weighted by molar-refractivity contribution is 6.39. The summed E-state index contributed by atoms with van der Waals surface area (Å²) in [7, 11) is 2.86. The van der Waals surface area contributed by atoms with Crippen molar-refractivity contribution in [1.29, 1.82) is 0 Å². The first-order valence-electron chi connectivity index (χ1n) is 9.99. The molecule has 0 heterocycles. The fourth-order valence-electron chi connectivity index (χ4n) is 2.82. The Bertz CT molecular complexity index is 1030. The van der Waals surface area contributed by atoms with Crippen molar-refractivity contribution in [2.24, 2.45) is 10.2 Å². The lowest BCUT2D eigenvalue weighted by Crippen LogP contribution is -2.36. The number of amides is 1. The van der Waals surface area contributed by atoms with Gasteiger partial charge in [-0.2, -0.15) is 10.2 Å². The van der Waals surface area contributed by atoms with Gasteiger partial charge in [0.25, 0.3) is 5.91 Å². The quantitative estimate of drug-likeness (QED) is 0.234. The Hall–Kier alpha value is -3.04. The number of hydrogen-bond acceptors (Lipinski definition) is 8. The van der Waals surface area contributed by atoms with Gasteiger partial charge in [-0.1, -0.05) is 11.6 Å². The van der Waals surface area contributed by atoms with E-state index in [-0.39, 0.29) is 17.1 Å². The average Bonchev–Trinajstić information content (AvgIpc) is 2.79. The van der Waals surface area contributed by atoms with Gasteiger partial charge in [0, 0.05) is 28.9 Å². The summed E-state index contributed by atoms with van der Waals surface area (Å²) in [5, 5.41) is 8.26. The molecule has 0 bridgehead atoms. The van der Waals surface area contributed by atoms with Gasteiger partial charge in [0.2, 0.25) is 6.04 Å². The van der Waals surface area contributed by atoms with Crippen LogP contribution < -0.4 is 23.4 Å². The minimum atomic E-state index is -1.53. The van der Waals surface area contributed by atoms with Crippen molar-refractivity contribution in [2.75, 3.05) is 31.9 Å². The second-order valence-electron chi connectivity index (χ2n) is 6.50. The molecule has 0 fully saturated rings. The Labute approximate surface area is 202 Å². The standard InChI is InChI=1S/C22H25Cl2N3O6/c1-6-32-15-8-9-18(33-7-2)17(12-15)27(24)22(29)20(13(3)28)26-25-16-10-14(23)11-19(30-4)21(16)31-5/h8-12,20H,6-7H2,1-5H3. The molecule has 0 N–H and O–H groups in total. The molecule has 0 aliphatic rings. The first-order chi connectivity index (χ1) is 15.8. The lowest BCUT2D eigenvalue weighted by molar-refractivity contribution is -0.126. The summed E-state index contributed by atoms with van der Waals surface area (Å²) in [6.07, 6.45) is 0. The van der Waals surface area contributed by atoms with Crippen molar-refractivity contribution >= 4 is 46.4 Å². The highest BCUT2D eigenvalue weighted by Gasteiger charge is 2.31. The van der Waals surface area contributed by atoms with E-state index in [1.54, 1.807) is 25.1 Å². The van der Waals surface area contributed by atoms with Gasteiger partial charge in [-0.3, -0.25) is 9.59 Å². The first kappa shape index (κ1) is 26.2. The van der Waals surface area contributed by atoms with E-state index in [0.29, 0.717) is 35.5 Å². The summed E-state index contributed by atoms with van der Waals surface area (Å²) in [4.78, 5) is 25.4. The van der Waals surface area contributed by atoms with Crippen LogP contribution in [0.5, 0.6) is 23.0 Å². The predicted octanol–water partition coefficient (Wildman–Crippen LogP) is 5.38. The molecule has 0 saturated carbocycles. The molecule has 0 aliphatic carbocycles. The minimum Gasteiger partial charge on any atom is -0.494 e. The number of ether oxygens (including phenoxy) is 4. The van der Waals surface area contributed by atoms with Crippen LogP contribution in [-0.4, -0.2) is 45.2 Å². The number of methoxy groups -OCH3 is 2. The molecule has 1 atom stereocenters. The monoisotopic (exact) mass is 497 g/mol. The number of anilines is 1. The number of benzene rings is 2. The van der Waals surface area contributed by atoms with Crippen molar-refractivity contribution in [3.63, 3.8) is 0 Å². The van der Waals surface area contributed by atoms with Crippen LogP contribution in [0.4, 0.5) is 11.4 Å². The number of azo groups is 1. The molecular weight excluding hydrogens is 473 g/mol. The molecule has 2 rings (SSSR count). The Morgan fingerprint density at radius 2 is 1.73 bits per heavy atom. The molecule has 0 saturated heterocycles. The largest absolute Gasteiger partial charge is 0.494 e. The molecule has 1 unspecified atom stereocenters. The zero-order valence-electron chi connectivity index (χ0n) is 18.9. The van der Waals surface area contributed by atoms with Crippen molar-refractivity contribution in [2.45, 2.75) is 26.8 Å². The third kappa shape index (κ3) is 6.49. The molecule has 2 aromatic carbocycles. The molecule has 33 heavy (non-hydrogen) atoms. The fourth-order valence-corrected chi connectivity index (χ4v) is 3.25. The summed E-state index contributed by atoms with van der Waals surface area (Å²) >= 11 is 12.4. The Balaban J connectivity index is 2.43. The van der Waals surface area contributed by atoms with Crippen LogP contribution in [0.2, 0.25) is 5.02 Å². The average molecular weight is 498 g/mol. The van der Waals surface area contributed by atoms with Crippen LogP contribution in [0.15, 0.2) is 40.6 Å².